The van der Waals surface area contributed by atoms with Gasteiger partial charge < -0.3 is 0 Å². The molecular formula is C27H21N5. The standard InChI is InChI=1S/C27H21N5/c1-17(2)20-7-3-18-5-9-22-23(10-6-19-4-8-21(20)26(18)27(19)22)32(24-15-28-11-13-30-24)25-16-29-12-14-31-25/h3-17H,1-2H3. The Balaban J connectivity index is 1.72. The van der Waals surface area contributed by atoms with E-state index in [0.29, 0.717) is 17.6 Å². The summed E-state index contributed by atoms with van der Waals surface area (Å²) in [6, 6.07) is 17.7. The van der Waals surface area contributed by atoms with Crippen LogP contribution in [0.3, 0.4) is 0 Å². The normalized spacial score (nSPS) is 11.7. The Morgan fingerprint density at radius 2 is 1.19 bits per heavy atom. The Morgan fingerprint density at radius 3 is 1.78 bits per heavy atom. The lowest BCUT2D eigenvalue weighted by atomic mass is 9.88. The van der Waals surface area contributed by atoms with E-state index in [1.54, 1.807) is 37.2 Å². The van der Waals surface area contributed by atoms with Gasteiger partial charge in [-0.15, -0.1) is 0 Å². The summed E-state index contributed by atoms with van der Waals surface area (Å²) in [6.45, 7) is 4.50. The van der Waals surface area contributed by atoms with Gasteiger partial charge in [0, 0.05) is 30.2 Å². The second-order valence-electron chi connectivity index (χ2n) is 8.28. The summed E-state index contributed by atoms with van der Waals surface area (Å²) in [5.41, 5.74) is 2.37. The predicted octanol–water partition coefficient (Wildman–Crippen LogP) is 6.76. The minimum absolute atomic E-state index is 0.453. The fourth-order valence-corrected chi connectivity index (χ4v) is 4.68. The number of aromatic nitrogens is 4. The highest BCUT2D eigenvalue weighted by molar-refractivity contribution is 6.26. The third-order valence-electron chi connectivity index (χ3n) is 6.10. The van der Waals surface area contributed by atoms with Crippen molar-refractivity contribution in [2.45, 2.75) is 19.8 Å². The van der Waals surface area contributed by atoms with Crippen LogP contribution in [-0.2, 0) is 0 Å². The van der Waals surface area contributed by atoms with Crippen LogP contribution in [0, 0.1) is 0 Å². The van der Waals surface area contributed by atoms with Crippen molar-refractivity contribution in [2.75, 3.05) is 4.90 Å². The first-order valence-corrected chi connectivity index (χ1v) is 10.7. The maximum Gasteiger partial charge on any atom is 0.157 e. The van der Waals surface area contributed by atoms with Crippen LogP contribution in [0.1, 0.15) is 25.3 Å². The first kappa shape index (κ1) is 18.6. The Labute approximate surface area is 185 Å². The average molecular weight is 416 g/mol. The van der Waals surface area contributed by atoms with E-state index >= 15 is 0 Å². The molecule has 32 heavy (non-hydrogen) atoms. The molecule has 0 saturated carbocycles. The minimum Gasteiger partial charge on any atom is -0.276 e. The number of benzene rings is 4. The number of rotatable bonds is 4. The molecule has 0 aliphatic rings. The molecule has 4 aromatic carbocycles. The van der Waals surface area contributed by atoms with Gasteiger partial charge in [-0.1, -0.05) is 56.3 Å². The Morgan fingerprint density at radius 1 is 0.625 bits per heavy atom. The predicted molar refractivity (Wildman–Crippen MR) is 130 cm³/mol. The SMILES string of the molecule is CC(C)c1ccc2ccc3c(N(c4cnccn4)c4cnccn4)ccc4ccc1c2c43. The lowest BCUT2D eigenvalue weighted by Gasteiger charge is -2.25. The highest BCUT2D eigenvalue weighted by atomic mass is 15.2. The molecule has 6 rings (SSSR count). The largest absolute Gasteiger partial charge is 0.276 e. The van der Waals surface area contributed by atoms with Crippen molar-refractivity contribution in [2.24, 2.45) is 0 Å². The van der Waals surface area contributed by atoms with Gasteiger partial charge in [-0.3, -0.25) is 14.9 Å². The molecule has 0 spiro atoms. The lowest BCUT2D eigenvalue weighted by Crippen LogP contribution is -2.14. The fourth-order valence-electron chi connectivity index (χ4n) is 4.68. The fraction of sp³-hybridized carbons (Fsp3) is 0.111. The van der Waals surface area contributed by atoms with E-state index in [4.69, 9.17) is 0 Å². The van der Waals surface area contributed by atoms with Crippen LogP contribution in [0.5, 0.6) is 0 Å². The molecule has 0 bridgehead atoms. The van der Waals surface area contributed by atoms with Crippen molar-refractivity contribution < 1.29 is 0 Å². The molecule has 0 radical (unpaired) electrons. The zero-order valence-electron chi connectivity index (χ0n) is 17.9. The van der Waals surface area contributed by atoms with Crippen LogP contribution in [0.4, 0.5) is 17.3 Å². The summed E-state index contributed by atoms with van der Waals surface area (Å²) in [5.74, 6) is 1.85. The highest BCUT2D eigenvalue weighted by Crippen LogP contribution is 2.43. The Kier molecular flexibility index (Phi) is 4.21. The second kappa shape index (κ2) is 7.24. The molecule has 2 aromatic heterocycles. The van der Waals surface area contributed by atoms with Crippen molar-refractivity contribution in [3.05, 3.63) is 91.3 Å². The van der Waals surface area contributed by atoms with Gasteiger partial charge in [0.15, 0.2) is 11.6 Å². The Bertz CT molecular complexity index is 1510. The van der Waals surface area contributed by atoms with E-state index in [1.165, 1.54) is 32.5 Å². The topological polar surface area (TPSA) is 54.8 Å². The van der Waals surface area contributed by atoms with Gasteiger partial charge in [-0.2, -0.15) is 0 Å². The van der Waals surface area contributed by atoms with Gasteiger partial charge >= 0.3 is 0 Å². The maximum absolute atomic E-state index is 4.57. The van der Waals surface area contributed by atoms with Crippen molar-refractivity contribution in [3.8, 4) is 0 Å². The molecule has 0 saturated heterocycles. The molecule has 5 nitrogen and oxygen atoms in total. The van der Waals surface area contributed by atoms with E-state index in [1.807, 2.05) is 4.90 Å². The van der Waals surface area contributed by atoms with E-state index < -0.39 is 0 Å². The van der Waals surface area contributed by atoms with Gasteiger partial charge in [-0.05, 0) is 44.5 Å². The van der Waals surface area contributed by atoms with Crippen molar-refractivity contribution in [1.82, 2.24) is 19.9 Å². The minimum atomic E-state index is 0.453. The number of hydrogen-bond donors (Lipinski definition) is 0. The third-order valence-corrected chi connectivity index (χ3v) is 6.10. The lowest BCUT2D eigenvalue weighted by molar-refractivity contribution is 0.877. The number of nitrogens with zero attached hydrogens (tertiary/aromatic N) is 5. The van der Waals surface area contributed by atoms with Crippen LogP contribution in [0.25, 0.3) is 32.3 Å². The van der Waals surface area contributed by atoms with Crippen molar-refractivity contribution in [3.63, 3.8) is 0 Å². The summed E-state index contributed by atoms with van der Waals surface area (Å²) < 4.78 is 0. The van der Waals surface area contributed by atoms with Gasteiger partial charge in [0.2, 0.25) is 0 Å². The van der Waals surface area contributed by atoms with E-state index in [0.717, 1.165) is 11.1 Å². The summed E-state index contributed by atoms with van der Waals surface area (Å²) in [7, 11) is 0. The second-order valence-corrected chi connectivity index (χ2v) is 8.28. The highest BCUT2D eigenvalue weighted by Gasteiger charge is 2.20. The van der Waals surface area contributed by atoms with E-state index in [-0.39, 0.29) is 0 Å². The summed E-state index contributed by atoms with van der Waals surface area (Å²) in [5, 5.41) is 7.52. The average Bonchev–Trinajstić information content (AvgIpc) is 2.84. The zero-order chi connectivity index (χ0) is 21.7. The van der Waals surface area contributed by atoms with Crippen LogP contribution in [-0.4, -0.2) is 19.9 Å². The van der Waals surface area contributed by atoms with Gasteiger partial charge in [0.05, 0.1) is 18.1 Å². The molecule has 0 unspecified atom stereocenters. The third kappa shape index (κ3) is 2.78. The van der Waals surface area contributed by atoms with Crippen molar-refractivity contribution >= 4 is 49.6 Å². The molecule has 0 atom stereocenters. The monoisotopic (exact) mass is 415 g/mol. The summed E-state index contributed by atoms with van der Waals surface area (Å²) in [4.78, 5) is 19.8. The van der Waals surface area contributed by atoms with Crippen LogP contribution < -0.4 is 4.90 Å². The smallest absolute Gasteiger partial charge is 0.157 e. The van der Waals surface area contributed by atoms with Crippen LogP contribution >= 0.6 is 0 Å². The molecule has 0 fully saturated rings. The van der Waals surface area contributed by atoms with Crippen LogP contribution in [0.2, 0.25) is 0 Å². The maximum atomic E-state index is 4.57. The first-order chi connectivity index (χ1) is 15.7. The van der Waals surface area contributed by atoms with Gasteiger partial charge in [0.1, 0.15) is 0 Å². The molecule has 2 heterocycles. The van der Waals surface area contributed by atoms with Crippen LogP contribution in [0.15, 0.2) is 85.7 Å². The van der Waals surface area contributed by atoms with E-state index in [2.05, 4.69) is 82.3 Å². The molecular weight excluding hydrogens is 394 g/mol. The first-order valence-electron chi connectivity index (χ1n) is 10.7. The number of anilines is 3. The quantitative estimate of drug-likeness (QED) is 0.298. The molecule has 154 valence electrons. The Hall–Kier alpha value is -4.12. The number of hydrogen-bond acceptors (Lipinski definition) is 5. The zero-order valence-corrected chi connectivity index (χ0v) is 17.9. The van der Waals surface area contributed by atoms with E-state index in [9.17, 15) is 0 Å². The molecule has 0 aliphatic carbocycles. The van der Waals surface area contributed by atoms with Gasteiger partial charge in [0.25, 0.3) is 0 Å². The molecule has 0 N–H and O–H groups in total. The molecule has 0 aliphatic heterocycles. The summed E-state index contributed by atoms with van der Waals surface area (Å²) >= 11 is 0. The summed E-state index contributed by atoms with van der Waals surface area (Å²) in [6.07, 6.45) is 10.3. The van der Waals surface area contributed by atoms with Crippen molar-refractivity contribution in [1.29, 1.82) is 0 Å². The molecule has 6 aromatic rings. The van der Waals surface area contributed by atoms with Gasteiger partial charge in [-0.25, -0.2) is 9.97 Å². The molecule has 5 heteroatoms. The molecule has 0 amide bonds.